The molecule has 0 amide bonds. The molecule has 0 radical (unpaired) electrons. The van der Waals surface area contributed by atoms with E-state index in [-0.39, 0.29) is 13.2 Å². The molecule has 0 atom stereocenters. The second kappa shape index (κ2) is 4.41. The topological polar surface area (TPSA) is 40.5 Å². The lowest BCUT2D eigenvalue weighted by Crippen LogP contribution is -1.92. The molecule has 90 valence electrons. The number of benzene rings is 3. The van der Waals surface area contributed by atoms with Gasteiger partial charge in [0.1, 0.15) is 0 Å². The third kappa shape index (κ3) is 1.67. The molecule has 2 nitrogen and oxygen atoms in total. The Morgan fingerprint density at radius 2 is 1.56 bits per heavy atom. The molecule has 2 heteroatoms. The maximum Gasteiger partial charge on any atom is 0.0688 e. The molecule has 0 spiro atoms. The zero-order chi connectivity index (χ0) is 12.5. The van der Waals surface area contributed by atoms with Gasteiger partial charge in [0.15, 0.2) is 0 Å². The first kappa shape index (κ1) is 11.2. The zero-order valence-corrected chi connectivity index (χ0v) is 9.93. The van der Waals surface area contributed by atoms with Crippen LogP contribution in [0.4, 0.5) is 0 Å². The van der Waals surface area contributed by atoms with Crippen molar-refractivity contribution in [1.82, 2.24) is 0 Å². The van der Waals surface area contributed by atoms with Crippen LogP contribution in [0.2, 0.25) is 0 Å². The van der Waals surface area contributed by atoms with Crippen LogP contribution < -0.4 is 0 Å². The maximum absolute atomic E-state index is 9.53. The fourth-order valence-electron chi connectivity index (χ4n) is 2.52. The molecule has 2 N–H and O–H groups in total. The molecule has 0 aliphatic rings. The molecule has 0 bridgehead atoms. The van der Waals surface area contributed by atoms with Gasteiger partial charge in [0, 0.05) is 0 Å². The van der Waals surface area contributed by atoms with Crippen LogP contribution in [0.15, 0.2) is 48.5 Å². The molecule has 0 saturated carbocycles. The summed E-state index contributed by atoms with van der Waals surface area (Å²) in [5.41, 5.74) is 1.70. The van der Waals surface area contributed by atoms with Crippen molar-refractivity contribution in [2.75, 3.05) is 0 Å². The van der Waals surface area contributed by atoms with Gasteiger partial charge in [-0.15, -0.1) is 0 Å². The first-order chi connectivity index (χ1) is 8.83. The van der Waals surface area contributed by atoms with Gasteiger partial charge in [-0.3, -0.25) is 0 Å². The quantitative estimate of drug-likeness (QED) is 0.674. The second-order valence-corrected chi connectivity index (χ2v) is 4.46. The van der Waals surface area contributed by atoms with Crippen LogP contribution in [0, 0.1) is 0 Å². The van der Waals surface area contributed by atoms with E-state index < -0.39 is 0 Å². The van der Waals surface area contributed by atoms with Gasteiger partial charge in [0.25, 0.3) is 0 Å². The number of hydrogen-bond acceptors (Lipinski definition) is 2. The highest BCUT2D eigenvalue weighted by atomic mass is 16.3. The van der Waals surface area contributed by atoms with E-state index in [0.717, 1.165) is 32.7 Å². The lowest BCUT2D eigenvalue weighted by atomic mass is 9.96. The zero-order valence-electron chi connectivity index (χ0n) is 9.93. The summed E-state index contributed by atoms with van der Waals surface area (Å²) in [4.78, 5) is 0. The Labute approximate surface area is 105 Å². The van der Waals surface area contributed by atoms with Crippen molar-refractivity contribution >= 4 is 21.5 Å². The highest BCUT2D eigenvalue weighted by Crippen LogP contribution is 2.29. The molecule has 3 aromatic carbocycles. The van der Waals surface area contributed by atoms with E-state index in [1.807, 2.05) is 30.3 Å². The average Bonchev–Trinajstić information content (AvgIpc) is 2.45. The van der Waals surface area contributed by atoms with Crippen molar-refractivity contribution in [3.63, 3.8) is 0 Å². The second-order valence-electron chi connectivity index (χ2n) is 4.46. The van der Waals surface area contributed by atoms with E-state index in [1.54, 1.807) is 0 Å². The molecule has 0 heterocycles. The van der Waals surface area contributed by atoms with Gasteiger partial charge in [-0.05, 0) is 38.7 Å². The Morgan fingerprint density at radius 1 is 0.778 bits per heavy atom. The average molecular weight is 238 g/mol. The van der Waals surface area contributed by atoms with Crippen LogP contribution in [0.1, 0.15) is 11.1 Å². The van der Waals surface area contributed by atoms with E-state index in [9.17, 15) is 10.2 Å². The van der Waals surface area contributed by atoms with Crippen molar-refractivity contribution < 1.29 is 10.2 Å². The fourth-order valence-corrected chi connectivity index (χ4v) is 2.52. The molecule has 0 aromatic heterocycles. The van der Waals surface area contributed by atoms with Crippen LogP contribution in [0.5, 0.6) is 0 Å². The number of aliphatic hydroxyl groups is 2. The summed E-state index contributed by atoms with van der Waals surface area (Å²) in [5.74, 6) is 0. The van der Waals surface area contributed by atoms with Gasteiger partial charge < -0.3 is 10.2 Å². The normalized spacial score (nSPS) is 11.2. The van der Waals surface area contributed by atoms with E-state index in [2.05, 4.69) is 18.2 Å². The van der Waals surface area contributed by atoms with Crippen LogP contribution >= 0.6 is 0 Å². The van der Waals surface area contributed by atoms with Crippen LogP contribution in [0.3, 0.4) is 0 Å². The molecule has 0 fully saturated rings. The molecule has 3 aromatic rings. The molecule has 0 unspecified atom stereocenters. The third-order valence-corrected chi connectivity index (χ3v) is 3.34. The summed E-state index contributed by atoms with van der Waals surface area (Å²) in [6.45, 7) is -0.0197. The lowest BCUT2D eigenvalue weighted by molar-refractivity contribution is 0.276. The predicted molar refractivity (Wildman–Crippen MR) is 73.3 cm³/mol. The van der Waals surface area contributed by atoms with Crippen molar-refractivity contribution in [3.05, 3.63) is 59.7 Å². The van der Waals surface area contributed by atoms with Crippen molar-refractivity contribution in [2.45, 2.75) is 13.2 Å². The van der Waals surface area contributed by atoms with E-state index in [4.69, 9.17) is 0 Å². The minimum atomic E-state index is -0.0155. The molecule has 0 saturated heterocycles. The Morgan fingerprint density at radius 3 is 2.33 bits per heavy atom. The Hall–Kier alpha value is -1.90. The Bertz CT molecular complexity index is 717. The third-order valence-electron chi connectivity index (χ3n) is 3.34. The van der Waals surface area contributed by atoms with E-state index in [0.29, 0.717) is 0 Å². The van der Waals surface area contributed by atoms with Crippen LogP contribution in [0.25, 0.3) is 21.5 Å². The SMILES string of the molecule is OCc1cc(CO)c2c(ccc3ccccc32)c1. The summed E-state index contributed by atoms with van der Waals surface area (Å²) < 4.78 is 0. The Kier molecular flexibility index (Phi) is 2.74. The fraction of sp³-hybridized carbons (Fsp3) is 0.125. The van der Waals surface area contributed by atoms with Gasteiger partial charge in [0.2, 0.25) is 0 Å². The summed E-state index contributed by atoms with van der Waals surface area (Å²) in [7, 11) is 0. The monoisotopic (exact) mass is 238 g/mol. The summed E-state index contributed by atoms with van der Waals surface area (Å²) in [6.07, 6.45) is 0. The van der Waals surface area contributed by atoms with Crippen LogP contribution in [-0.4, -0.2) is 10.2 Å². The first-order valence-electron chi connectivity index (χ1n) is 5.98. The van der Waals surface area contributed by atoms with Gasteiger partial charge in [0.05, 0.1) is 13.2 Å². The predicted octanol–water partition coefficient (Wildman–Crippen LogP) is 2.98. The molecular formula is C16H14O2. The Balaban J connectivity index is 2.49. The highest BCUT2D eigenvalue weighted by molar-refractivity contribution is 6.09. The van der Waals surface area contributed by atoms with E-state index in [1.165, 1.54) is 0 Å². The summed E-state index contributed by atoms with van der Waals surface area (Å²) in [6, 6.07) is 16.1. The number of rotatable bonds is 2. The molecular weight excluding hydrogens is 224 g/mol. The summed E-state index contributed by atoms with van der Waals surface area (Å²) >= 11 is 0. The van der Waals surface area contributed by atoms with Crippen LogP contribution in [-0.2, 0) is 13.2 Å². The standard InChI is InChI=1S/C16H14O2/c17-9-11-7-13-6-5-12-3-1-2-4-15(12)16(13)14(8-11)10-18/h1-8,17-18H,9-10H2. The minimum absolute atomic E-state index is 0.00420. The maximum atomic E-state index is 9.53. The number of fused-ring (bicyclic) bond motifs is 3. The minimum Gasteiger partial charge on any atom is -0.392 e. The lowest BCUT2D eigenvalue weighted by Gasteiger charge is -2.10. The molecule has 3 rings (SSSR count). The number of hydrogen-bond donors (Lipinski definition) is 2. The van der Waals surface area contributed by atoms with Gasteiger partial charge in [-0.25, -0.2) is 0 Å². The first-order valence-corrected chi connectivity index (χ1v) is 5.98. The smallest absolute Gasteiger partial charge is 0.0688 e. The molecule has 0 aliphatic heterocycles. The van der Waals surface area contributed by atoms with Gasteiger partial charge in [-0.2, -0.15) is 0 Å². The van der Waals surface area contributed by atoms with Crippen molar-refractivity contribution in [1.29, 1.82) is 0 Å². The summed E-state index contributed by atoms with van der Waals surface area (Å²) in [5, 5.41) is 23.2. The van der Waals surface area contributed by atoms with E-state index >= 15 is 0 Å². The highest BCUT2D eigenvalue weighted by Gasteiger charge is 2.07. The van der Waals surface area contributed by atoms with Gasteiger partial charge in [-0.1, -0.05) is 42.5 Å². The largest absolute Gasteiger partial charge is 0.392 e. The molecule has 18 heavy (non-hydrogen) atoms. The van der Waals surface area contributed by atoms with Crippen molar-refractivity contribution in [2.24, 2.45) is 0 Å². The number of aliphatic hydroxyl groups excluding tert-OH is 2. The van der Waals surface area contributed by atoms with Crippen molar-refractivity contribution in [3.8, 4) is 0 Å². The van der Waals surface area contributed by atoms with Gasteiger partial charge >= 0.3 is 0 Å². The molecule has 0 aliphatic carbocycles.